The lowest BCUT2D eigenvalue weighted by Crippen LogP contribution is -2.09. The Labute approximate surface area is 91.9 Å². The third kappa shape index (κ3) is 1.56. The summed E-state index contributed by atoms with van der Waals surface area (Å²) in [5.74, 6) is 0.209. The van der Waals surface area contributed by atoms with Crippen LogP contribution >= 0.6 is 0 Å². The number of benzene rings is 1. The van der Waals surface area contributed by atoms with Gasteiger partial charge in [-0.2, -0.15) is 0 Å². The van der Waals surface area contributed by atoms with Gasteiger partial charge >= 0.3 is 0 Å². The van der Waals surface area contributed by atoms with Crippen LogP contribution in [0, 0.1) is 5.41 Å². The second kappa shape index (κ2) is 3.77. The van der Waals surface area contributed by atoms with Crippen LogP contribution in [0.1, 0.15) is 12.7 Å². The van der Waals surface area contributed by atoms with Crippen LogP contribution in [0.3, 0.4) is 0 Å². The zero-order valence-electron chi connectivity index (χ0n) is 8.78. The van der Waals surface area contributed by atoms with Crippen molar-refractivity contribution in [1.29, 1.82) is 5.41 Å². The van der Waals surface area contributed by atoms with Gasteiger partial charge in [0, 0.05) is 0 Å². The van der Waals surface area contributed by atoms with Crippen molar-refractivity contribution in [1.82, 2.24) is 0 Å². The fraction of sp³-hybridized carbons (Fsp3) is 0.182. The van der Waals surface area contributed by atoms with Gasteiger partial charge < -0.3 is 20.0 Å². The molecule has 0 atom stereocenters. The first-order chi connectivity index (χ1) is 7.63. The molecule has 0 aliphatic heterocycles. The quantitative estimate of drug-likeness (QED) is 0.543. The standard InChI is InChI=1S/C11H12N2O3/c1-2-15-6-3-4-8-7(5-6)9(14)10(16-8)11(12)13/h3-5,14H,2H2,1H3,(H3,12,13). The van der Waals surface area contributed by atoms with E-state index >= 15 is 0 Å². The number of nitrogens with two attached hydrogens (primary N) is 1. The first-order valence-electron chi connectivity index (χ1n) is 4.86. The highest BCUT2D eigenvalue weighted by Gasteiger charge is 2.15. The lowest BCUT2D eigenvalue weighted by molar-refractivity contribution is 0.340. The van der Waals surface area contributed by atoms with Gasteiger partial charge in [-0.05, 0) is 25.1 Å². The summed E-state index contributed by atoms with van der Waals surface area (Å²) in [5.41, 5.74) is 5.75. The fourth-order valence-electron chi connectivity index (χ4n) is 1.50. The van der Waals surface area contributed by atoms with Crippen molar-refractivity contribution in [2.75, 3.05) is 6.61 Å². The molecule has 4 N–H and O–H groups in total. The number of nitrogens with one attached hydrogen (secondary N) is 1. The van der Waals surface area contributed by atoms with E-state index in [-0.39, 0.29) is 17.3 Å². The van der Waals surface area contributed by atoms with Crippen molar-refractivity contribution in [3.8, 4) is 11.5 Å². The van der Waals surface area contributed by atoms with Crippen molar-refractivity contribution in [3.63, 3.8) is 0 Å². The third-order valence-electron chi connectivity index (χ3n) is 2.19. The minimum atomic E-state index is -0.299. The van der Waals surface area contributed by atoms with Crippen LogP contribution in [0.4, 0.5) is 0 Å². The molecule has 0 saturated carbocycles. The summed E-state index contributed by atoms with van der Waals surface area (Å²) < 4.78 is 10.5. The van der Waals surface area contributed by atoms with E-state index in [0.29, 0.717) is 23.3 Å². The number of fused-ring (bicyclic) bond motifs is 1. The maximum Gasteiger partial charge on any atom is 0.211 e. The van der Waals surface area contributed by atoms with Crippen LogP contribution in [0.2, 0.25) is 0 Å². The van der Waals surface area contributed by atoms with Gasteiger partial charge in [-0.3, -0.25) is 5.41 Å². The summed E-state index contributed by atoms with van der Waals surface area (Å²) in [7, 11) is 0. The van der Waals surface area contributed by atoms with E-state index in [1.54, 1.807) is 18.2 Å². The Morgan fingerprint density at radius 1 is 1.56 bits per heavy atom. The molecule has 0 aliphatic rings. The van der Waals surface area contributed by atoms with Gasteiger partial charge in [0.25, 0.3) is 0 Å². The minimum absolute atomic E-state index is 0.0105. The lowest BCUT2D eigenvalue weighted by Gasteiger charge is -2.01. The first kappa shape index (κ1) is 10.4. The maximum atomic E-state index is 9.78. The Morgan fingerprint density at radius 2 is 2.31 bits per heavy atom. The molecule has 1 aromatic carbocycles. The van der Waals surface area contributed by atoms with E-state index in [0.717, 1.165) is 0 Å². The maximum absolute atomic E-state index is 9.78. The molecule has 2 aromatic rings. The van der Waals surface area contributed by atoms with E-state index < -0.39 is 0 Å². The molecule has 0 amide bonds. The molecule has 16 heavy (non-hydrogen) atoms. The van der Waals surface area contributed by atoms with Crippen LogP contribution < -0.4 is 10.5 Å². The monoisotopic (exact) mass is 220 g/mol. The Morgan fingerprint density at radius 3 is 2.94 bits per heavy atom. The lowest BCUT2D eigenvalue weighted by atomic mass is 10.2. The van der Waals surface area contributed by atoms with E-state index in [1.165, 1.54) is 0 Å². The topological polar surface area (TPSA) is 92.5 Å². The second-order valence-electron chi connectivity index (χ2n) is 3.28. The number of hydrogen-bond donors (Lipinski definition) is 3. The molecule has 84 valence electrons. The molecule has 0 fully saturated rings. The van der Waals surface area contributed by atoms with Crippen molar-refractivity contribution in [2.24, 2.45) is 5.73 Å². The van der Waals surface area contributed by atoms with Crippen LogP contribution in [-0.4, -0.2) is 17.5 Å². The molecule has 0 saturated heterocycles. The van der Waals surface area contributed by atoms with Gasteiger partial charge in [0.15, 0.2) is 11.6 Å². The SMILES string of the molecule is CCOc1ccc2oc(C(=N)N)c(O)c2c1. The Kier molecular flexibility index (Phi) is 2.44. The summed E-state index contributed by atoms with van der Waals surface area (Å²) in [5, 5.41) is 17.5. The van der Waals surface area contributed by atoms with Gasteiger partial charge in [0.05, 0.1) is 12.0 Å². The Hall–Kier alpha value is -2.17. The number of nitrogen functional groups attached to an aromatic ring is 1. The fourth-order valence-corrected chi connectivity index (χ4v) is 1.50. The van der Waals surface area contributed by atoms with Crippen LogP contribution in [0.25, 0.3) is 11.0 Å². The molecule has 1 aromatic heterocycles. The summed E-state index contributed by atoms with van der Waals surface area (Å²) in [6, 6.07) is 5.06. The van der Waals surface area contributed by atoms with Gasteiger partial charge in [-0.1, -0.05) is 0 Å². The third-order valence-corrected chi connectivity index (χ3v) is 2.19. The van der Waals surface area contributed by atoms with E-state index in [4.69, 9.17) is 20.3 Å². The van der Waals surface area contributed by atoms with E-state index in [2.05, 4.69) is 0 Å². The zero-order chi connectivity index (χ0) is 11.7. The molecule has 1 heterocycles. The predicted octanol–water partition coefficient (Wildman–Crippen LogP) is 1.82. The predicted molar refractivity (Wildman–Crippen MR) is 60.1 cm³/mol. The Balaban J connectivity index is 2.59. The largest absolute Gasteiger partial charge is 0.504 e. The van der Waals surface area contributed by atoms with Crippen molar-refractivity contribution in [3.05, 3.63) is 24.0 Å². The number of ether oxygens (including phenoxy) is 1. The first-order valence-corrected chi connectivity index (χ1v) is 4.86. The highest BCUT2D eigenvalue weighted by atomic mass is 16.5. The molecule has 0 bridgehead atoms. The molecule has 5 nitrogen and oxygen atoms in total. The summed E-state index contributed by atoms with van der Waals surface area (Å²) in [6.07, 6.45) is 0. The highest BCUT2D eigenvalue weighted by molar-refractivity contribution is 6.01. The van der Waals surface area contributed by atoms with E-state index in [1.807, 2.05) is 6.92 Å². The van der Waals surface area contributed by atoms with Gasteiger partial charge in [-0.25, -0.2) is 0 Å². The molecule has 2 rings (SSSR count). The van der Waals surface area contributed by atoms with Crippen molar-refractivity contribution >= 4 is 16.8 Å². The summed E-state index contributed by atoms with van der Waals surface area (Å²) >= 11 is 0. The summed E-state index contributed by atoms with van der Waals surface area (Å²) in [6.45, 7) is 2.42. The number of hydrogen-bond acceptors (Lipinski definition) is 4. The highest BCUT2D eigenvalue weighted by Crippen LogP contribution is 2.34. The van der Waals surface area contributed by atoms with Gasteiger partial charge in [-0.15, -0.1) is 0 Å². The average Bonchev–Trinajstić information content (AvgIpc) is 2.57. The number of amidine groups is 1. The summed E-state index contributed by atoms with van der Waals surface area (Å²) in [4.78, 5) is 0. The molecule has 0 radical (unpaired) electrons. The molecule has 0 spiro atoms. The molecule has 0 aliphatic carbocycles. The molecule has 0 unspecified atom stereocenters. The molecular weight excluding hydrogens is 208 g/mol. The number of furan rings is 1. The number of rotatable bonds is 3. The van der Waals surface area contributed by atoms with Gasteiger partial charge in [0.2, 0.25) is 5.76 Å². The normalized spacial score (nSPS) is 10.6. The Bertz CT molecular complexity index is 545. The van der Waals surface area contributed by atoms with Crippen LogP contribution in [-0.2, 0) is 0 Å². The second-order valence-corrected chi connectivity index (χ2v) is 3.28. The average molecular weight is 220 g/mol. The number of aromatic hydroxyl groups is 1. The smallest absolute Gasteiger partial charge is 0.211 e. The van der Waals surface area contributed by atoms with Crippen molar-refractivity contribution < 1.29 is 14.3 Å². The van der Waals surface area contributed by atoms with Crippen LogP contribution in [0.5, 0.6) is 11.5 Å². The van der Waals surface area contributed by atoms with Crippen molar-refractivity contribution in [2.45, 2.75) is 6.92 Å². The van der Waals surface area contributed by atoms with Gasteiger partial charge in [0.1, 0.15) is 11.3 Å². The minimum Gasteiger partial charge on any atom is -0.504 e. The molecular formula is C11H12N2O3. The zero-order valence-corrected chi connectivity index (χ0v) is 8.78. The molecule has 5 heteroatoms. The van der Waals surface area contributed by atoms with Crippen LogP contribution in [0.15, 0.2) is 22.6 Å². The van der Waals surface area contributed by atoms with E-state index in [9.17, 15) is 5.11 Å².